The molecular formula is C24H28Cl3FO5. The highest BCUT2D eigenvalue weighted by Crippen LogP contribution is 2.74. The number of carbonyl (C=O) groups excluding carboxylic acids is 2. The molecule has 0 spiro atoms. The number of fused-ring (bicyclic) bond motifs is 7. The zero-order valence-corrected chi connectivity index (χ0v) is 21.2. The molecule has 0 aromatic heterocycles. The predicted molar refractivity (Wildman–Crippen MR) is 122 cm³/mol. The first-order chi connectivity index (χ1) is 15.2. The molecule has 0 radical (unpaired) electrons. The van der Waals surface area contributed by atoms with Crippen LogP contribution in [0, 0.1) is 22.7 Å². The summed E-state index contributed by atoms with van der Waals surface area (Å²) < 4.78 is 28.3. The Morgan fingerprint density at radius 2 is 1.91 bits per heavy atom. The number of alkyl halides is 3. The second-order valence-electron chi connectivity index (χ2n) is 11.1. The summed E-state index contributed by atoms with van der Waals surface area (Å²) in [6.07, 6.45) is 1.63. The molecule has 9 atom stereocenters. The minimum atomic E-state index is -1.48. The average Bonchev–Trinajstić information content (AvgIpc) is 3.13. The third-order valence-electron chi connectivity index (χ3n) is 9.21. The maximum absolute atomic E-state index is 15.8. The van der Waals surface area contributed by atoms with E-state index in [1.54, 1.807) is 26.8 Å². The lowest BCUT2D eigenvalue weighted by molar-refractivity contribution is -0.213. The Bertz CT molecular complexity index is 1010. The molecule has 4 fully saturated rings. The van der Waals surface area contributed by atoms with Gasteiger partial charge < -0.3 is 14.6 Å². The summed E-state index contributed by atoms with van der Waals surface area (Å²) in [7, 11) is 0. The largest absolute Gasteiger partial charge is 0.388 e. The first-order valence-electron chi connectivity index (χ1n) is 11.3. The first-order valence-corrected chi connectivity index (χ1v) is 12.5. The topological polar surface area (TPSA) is 72.8 Å². The van der Waals surface area contributed by atoms with E-state index < -0.39 is 68.8 Å². The second kappa shape index (κ2) is 7.04. The molecule has 5 rings (SSSR count). The molecular weight excluding hydrogens is 494 g/mol. The van der Waals surface area contributed by atoms with Crippen molar-refractivity contribution in [2.45, 2.75) is 80.9 Å². The van der Waals surface area contributed by atoms with Crippen LogP contribution in [0.4, 0.5) is 4.39 Å². The molecule has 1 aliphatic heterocycles. The van der Waals surface area contributed by atoms with Crippen LogP contribution in [-0.4, -0.2) is 57.2 Å². The highest BCUT2D eigenvalue weighted by Gasteiger charge is 2.79. The van der Waals surface area contributed by atoms with E-state index in [0.717, 1.165) is 0 Å². The van der Waals surface area contributed by atoms with Crippen LogP contribution in [0.1, 0.15) is 47.0 Å². The normalized spacial score (nSPS) is 52.3. The SMILES string of the molecule is CC1(C)O[C@@H]2C[C@H]3[C@@H]4C[C@H](F)C5=C(Cl)C(=O)C=C[C@]5(C)[C@@]4(Cl)[C@@H](Cl)C[C@]3(C)[C@]2(C(=O)CO)O1. The van der Waals surface area contributed by atoms with Gasteiger partial charge in [0.2, 0.25) is 0 Å². The van der Waals surface area contributed by atoms with Crippen molar-refractivity contribution in [3.05, 3.63) is 22.8 Å². The first kappa shape index (κ1) is 24.2. The summed E-state index contributed by atoms with van der Waals surface area (Å²) in [5, 5.41) is 9.05. The van der Waals surface area contributed by atoms with Crippen molar-refractivity contribution in [3.63, 3.8) is 0 Å². The van der Waals surface area contributed by atoms with E-state index >= 15 is 4.39 Å². The monoisotopic (exact) mass is 520 g/mol. The molecule has 0 bridgehead atoms. The van der Waals surface area contributed by atoms with E-state index in [9.17, 15) is 14.7 Å². The molecule has 3 saturated carbocycles. The standard InChI is InChI=1S/C24H28Cl3FO5/c1-20(2)32-17-8-11-12-7-13(28)18-19(26)14(30)5-6-21(18,3)23(12,27)15(25)9-22(11,4)24(17,33-20)16(31)10-29/h5-6,11-13,15,17,29H,7-10H2,1-4H3/t11-,12-,13-,15-,17+,21-,22-,23-,24+/m0/s1. The Hall–Kier alpha value is -0.500. The molecule has 1 N–H and O–H groups in total. The Morgan fingerprint density at radius 3 is 2.55 bits per heavy atom. The van der Waals surface area contributed by atoms with Gasteiger partial charge in [0.25, 0.3) is 0 Å². The number of ketones is 2. The van der Waals surface area contributed by atoms with Gasteiger partial charge in [0.05, 0.1) is 21.4 Å². The quantitative estimate of drug-likeness (QED) is 0.544. The van der Waals surface area contributed by atoms with Crippen molar-refractivity contribution < 1.29 is 28.6 Å². The van der Waals surface area contributed by atoms with Crippen LogP contribution < -0.4 is 0 Å². The number of aliphatic hydroxyl groups excluding tert-OH is 1. The lowest BCUT2D eigenvalue weighted by Gasteiger charge is -2.64. The van der Waals surface area contributed by atoms with E-state index in [-0.39, 0.29) is 22.9 Å². The van der Waals surface area contributed by atoms with Crippen LogP contribution >= 0.6 is 34.8 Å². The molecule has 0 aromatic rings. The Morgan fingerprint density at radius 1 is 1.24 bits per heavy atom. The van der Waals surface area contributed by atoms with Crippen LogP contribution in [-0.2, 0) is 19.1 Å². The van der Waals surface area contributed by atoms with Gasteiger partial charge in [0, 0.05) is 10.8 Å². The number of aliphatic hydroxyl groups is 1. The lowest BCUT2D eigenvalue weighted by Crippen LogP contribution is -2.69. The van der Waals surface area contributed by atoms with Gasteiger partial charge in [0.15, 0.2) is 23.0 Å². The van der Waals surface area contributed by atoms with Gasteiger partial charge in [-0.2, -0.15) is 0 Å². The number of hydrogen-bond donors (Lipinski definition) is 1. The molecule has 5 aliphatic rings. The number of carbonyl (C=O) groups is 2. The van der Waals surface area contributed by atoms with E-state index in [2.05, 4.69) is 0 Å². The smallest absolute Gasteiger partial charge is 0.196 e. The van der Waals surface area contributed by atoms with Crippen molar-refractivity contribution in [2.75, 3.05) is 6.61 Å². The Balaban J connectivity index is 1.67. The molecule has 9 heteroatoms. The molecule has 33 heavy (non-hydrogen) atoms. The van der Waals surface area contributed by atoms with Crippen LogP contribution in [0.25, 0.3) is 0 Å². The average molecular weight is 522 g/mol. The van der Waals surface area contributed by atoms with Crippen LogP contribution in [0.15, 0.2) is 22.8 Å². The van der Waals surface area contributed by atoms with E-state index in [1.165, 1.54) is 6.08 Å². The number of ether oxygens (including phenoxy) is 2. The van der Waals surface area contributed by atoms with Crippen molar-refractivity contribution in [1.82, 2.24) is 0 Å². The molecule has 0 unspecified atom stereocenters. The molecule has 0 amide bonds. The zero-order chi connectivity index (χ0) is 24.4. The molecule has 0 aromatic carbocycles. The number of halogens is 4. The summed E-state index contributed by atoms with van der Waals surface area (Å²) in [6, 6.07) is 0. The van der Waals surface area contributed by atoms with Crippen molar-refractivity contribution in [2.24, 2.45) is 22.7 Å². The summed E-state index contributed by atoms with van der Waals surface area (Å²) >= 11 is 20.9. The Labute approximate surface area is 207 Å². The zero-order valence-electron chi connectivity index (χ0n) is 19.0. The molecule has 1 heterocycles. The lowest BCUT2D eigenvalue weighted by atomic mass is 9.46. The number of Topliss-reactive ketones (excluding diaryl/α,β-unsaturated/α-hetero) is 1. The molecule has 1 saturated heterocycles. The third kappa shape index (κ3) is 2.66. The van der Waals surface area contributed by atoms with Crippen LogP contribution in [0.5, 0.6) is 0 Å². The maximum Gasteiger partial charge on any atom is 0.196 e. The van der Waals surface area contributed by atoms with Gasteiger partial charge in [-0.15, -0.1) is 23.2 Å². The number of allylic oxidation sites excluding steroid dienone is 4. The number of rotatable bonds is 2. The predicted octanol–water partition coefficient (Wildman–Crippen LogP) is 4.45. The van der Waals surface area contributed by atoms with Crippen LogP contribution in [0.3, 0.4) is 0 Å². The van der Waals surface area contributed by atoms with Crippen LogP contribution in [0.2, 0.25) is 0 Å². The van der Waals surface area contributed by atoms with Crippen molar-refractivity contribution in [1.29, 1.82) is 0 Å². The van der Waals surface area contributed by atoms with E-state index in [4.69, 9.17) is 44.3 Å². The fraction of sp³-hybridized carbons (Fsp3) is 0.750. The third-order valence-corrected chi connectivity index (χ3v) is 11.2. The Kier molecular flexibility index (Phi) is 5.17. The van der Waals surface area contributed by atoms with Gasteiger partial charge in [-0.25, -0.2) is 4.39 Å². The minimum absolute atomic E-state index is 0.0226. The molecule has 4 aliphatic carbocycles. The van der Waals surface area contributed by atoms with Crippen molar-refractivity contribution >= 4 is 46.4 Å². The molecule has 182 valence electrons. The van der Waals surface area contributed by atoms with Gasteiger partial charge >= 0.3 is 0 Å². The van der Waals surface area contributed by atoms with E-state index in [1.807, 2.05) is 6.92 Å². The molecule has 5 nitrogen and oxygen atoms in total. The highest BCUT2D eigenvalue weighted by molar-refractivity contribution is 6.45. The fourth-order valence-corrected chi connectivity index (χ4v) is 9.52. The van der Waals surface area contributed by atoms with E-state index in [0.29, 0.717) is 12.8 Å². The van der Waals surface area contributed by atoms with Gasteiger partial charge in [-0.1, -0.05) is 31.5 Å². The van der Waals surface area contributed by atoms with Gasteiger partial charge in [-0.05, 0) is 56.6 Å². The summed E-state index contributed by atoms with van der Waals surface area (Å²) in [5.41, 5.74) is -3.14. The highest BCUT2D eigenvalue weighted by atomic mass is 35.5. The second-order valence-corrected chi connectivity index (χ2v) is 12.6. The van der Waals surface area contributed by atoms with Gasteiger partial charge in [0.1, 0.15) is 12.8 Å². The number of hydrogen-bond acceptors (Lipinski definition) is 5. The maximum atomic E-state index is 15.8. The summed E-state index contributed by atoms with van der Waals surface area (Å²) in [5.74, 6) is -2.62. The summed E-state index contributed by atoms with van der Waals surface area (Å²) in [4.78, 5) is 24.4. The van der Waals surface area contributed by atoms with Crippen molar-refractivity contribution in [3.8, 4) is 0 Å². The minimum Gasteiger partial charge on any atom is -0.388 e. The fourth-order valence-electron chi connectivity index (χ4n) is 7.95. The van der Waals surface area contributed by atoms with Gasteiger partial charge in [-0.3, -0.25) is 9.59 Å². The summed E-state index contributed by atoms with van der Waals surface area (Å²) in [6.45, 7) is 6.50.